The minimum absolute atomic E-state index is 0.441. The quantitative estimate of drug-likeness (QED) is 0.719. The number of hydrogen-bond acceptors (Lipinski definition) is 2. The molecule has 2 aromatic heterocycles. The Morgan fingerprint density at radius 1 is 1.27 bits per heavy atom. The highest BCUT2D eigenvalue weighted by molar-refractivity contribution is 6.31. The summed E-state index contributed by atoms with van der Waals surface area (Å²) in [7, 11) is 0. The van der Waals surface area contributed by atoms with E-state index in [0.717, 1.165) is 17.1 Å². The third-order valence-corrected chi connectivity index (χ3v) is 2.91. The van der Waals surface area contributed by atoms with E-state index in [2.05, 4.69) is 10.1 Å². The van der Waals surface area contributed by atoms with E-state index in [0.29, 0.717) is 10.2 Å². The molecule has 0 aliphatic carbocycles. The monoisotopic (exact) mass is 241 g/mol. The summed E-state index contributed by atoms with van der Waals surface area (Å²) in [5, 5.41) is 5.44. The summed E-state index contributed by atoms with van der Waals surface area (Å²) in [6.07, 6.45) is 1.64. The van der Waals surface area contributed by atoms with Crippen LogP contribution < -0.4 is 0 Å². The molecule has 2 aromatic rings. The maximum absolute atomic E-state index is 6.06. The van der Waals surface area contributed by atoms with Crippen LogP contribution in [0.2, 0.25) is 10.2 Å². The molecule has 0 fully saturated rings. The van der Waals surface area contributed by atoms with Crippen molar-refractivity contribution in [1.82, 2.24) is 14.8 Å². The highest BCUT2D eigenvalue weighted by Crippen LogP contribution is 2.22. The van der Waals surface area contributed by atoms with Crippen LogP contribution >= 0.6 is 23.2 Å². The predicted molar refractivity (Wildman–Crippen MR) is 60.9 cm³/mol. The van der Waals surface area contributed by atoms with Crippen LogP contribution in [0.3, 0.4) is 0 Å². The van der Waals surface area contributed by atoms with Gasteiger partial charge in [0.1, 0.15) is 5.15 Å². The molecule has 0 amide bonds. The van der Waals surface area contributed by atoms with Gasteiger partial charge in [-0.2, -0.15) is 5.10 Å². The molecule has 0 atom stereocenters. The summed E-state index contributed by atoms with van der Waals surface area (Å²) in [4.78, 5) is 3.92. The second kappa shape index (κ2) is 3.83. The first-order valence-corrected chi connectivity index (χ1v) is 5.19. The summed E-state index contributed by atoms with van der Waals surface area (Å²) in [5.74, 6) is 0. The van der Waals surface area contributed by atoms with Crippen molar-refractivity contribution in [3.63, 3.8) is 0 Å². The standard InChI is InChI=1S/C10H9Cl2N3/c1-6-10(12)7(2)15(14-6)8-3-4-13-9(11)5-8/h3-5H,1-2H3. The van der Waals surface area contributed by atoms with Crippen LogP contribution in [0.5, 0.6) is 0 Å². The molecule has 2 rings (SSSR count). The maximum atomic E-state index is 6.06. The molecule has 0 radical (unpaired) electrons. The summed E-state index contributed by atoms with van der Waals surface area (Å²) < 4.78 is 1.76. The van der Waals surface area contributed by atoms with E-state index in [9.17, 15) is 0 Å². The van der Waals surface area contributed by atoms with E-state index < -0.39 is 0 Å². The van der Waals surface area contributed by atoms with Gasteiger partial charge in [-0.25, -0.2) is 9.67 Å². The number of nitrogens with zero attached hydrogens (tertiary/aromatic N) is 3. The van der Waals surface area contributed by atoms with Crippen molar-refractivity contribution in [2.75, 3.05) is 0 Å². The Hall–Kier alpha value is -1.06. The Balaban J connectivity index is 2.59. The molecular formula is C10H9Cl2N3. The lowest BCUT2D eigenvalue weighted by molar-refractivity contribution is 0.831. The topological polar surface area (TPSA) is 30.7 Å². The average molecular weight is 242 g/mol. The highest BCUT2D eigenvalue weighted by Gasteiger charge is 2.10. The number of aryl methyl sites for hydroxylation is 1. The van der Waals surface area contributed by atoms with Crippen LogP contribution in [-0.4, -0.2) is 14.8 Å². The second-order valence-electron chi connectivity index (χ2n) is 3.23. The number of aromatic nitrogens is 3. The van der Waals surface area contributed by atoms with Gasteiger partial charge in [0.25, 0.3) is 0 Å². The summed E-state index contributed by atoms with van der Waals surface area (Å²) in [6, 6.07) is 3.58. The van der Waals surface area contributed by atoms with Gasteiger partial charge >= 0.3 is 0 Å². The Bertz CT molecular complexity index is 505. The van der Waals surface area contributed by atoms with Gasteiger partial charge in [0.15, 0.2) is 0 Å². The predicted octanol–water partition coefficient (Wildman–Crippen LogP) is 3.19. The fourth-order valence-electron chi connectivity index (χ4n) is 1.40. The van der Waals surface area contributed by atoms with Crippen LogP contribution in [0.25, 0.3) is 5.69 Å². The zero-order valence-electron chi connectivity index (χ0n) is 8.33. The van der Waals surface area contributed by atoms with Gasteiger partial charge < -0.3 is 0 Å². The lowest BCUT2D eigenvalue weighted by Gasteiger charge is -2.03. The van der Waals surface area contributed by atoms with Crippen molar-refractivity contribution in [2.45, 2.75) is 13.8 Å². The number of rotatable bonds is 1. The van der Waals surface area contributed by atoms with Gasteiger partial charge in [-0.05, 0) is 19.9 Å². The normalized spacial score (nSPS) is 10.7. The zero-order valence-corrected chi connectivity index (χ0v) is 9.84. The average Bonchev–Trinajstić information content (AvgIpc) is 2.46. The van der Waals surface area contributed by atoms with E-state index in [-0.39, 0.29) is 0 Å². The Kier molecular flexibility index (Phi) is 2.67. The first-order valence-electron chi connectivity index (χ1n) is 4.43. The minimum atomic E-state index is 0.441. The van der Waals surface area contributed by atoms with Crippen molar-refractivity contribution in [3.8, 4) is 5.69 Å². The number of hydrogen-bond donors (Lipinski definition) is 0. The lowest BCUT2D eigenvalue weighted by atomic mass is 10.3. The first kappa shape index (κ1) is 10.5. The summed E-state index contributed by atoms with van der Waals surface area (Å²) in [6.45, 7) is 3.78. The van der Waals surface area contributed by atoms with Crippen LogP contribution in [0.4, 0.5) is 0 Å². The van der Waals surface area contributed by atoms with E-state index >= 15 is 0 Å². The van der Waals surface area contributed by atoms with Crippen LogP contribution in [0.15, 0.2) is 18.3 Å². The number of halogens is 2. The Labute approximate surface area is 97.7 Å². The van der Waals surface area contributed by atoms with Gasteiger partial charge in [0, 0.05) is 12.3 Å². The van der Waals surface area contributed by atoms with Crippen LogP contribution in [0.1, 0.15) is 11.4 Å². The van der Waals surface area contributed by atoms with Crippen LogP contribution in [0, 0.1) is 13.8 Å². The minimum Gasteiger partial charge on any atom is -0.244 e. The molecule has 2 heterocycles. The first-order chi connectivity index (χ1) is 7.09. The van der Waals surface area contributed by atoms with Crippen molar-refractivity contribution >= 4 is 23.2 Å². The molecular weight excluding hydrogens is 233 g/mol. The second-order valence-corrected chi connectivity index (χ2v) is 4.00. The molecule has 0 saturated carbocycles. The van der Waals surface area contributed by atoms with Crippen molar-refractivity contribution in [1.29, 1.82) is 0 Å². The van der Waals surface area contributed by atoms with Gasteiger partial charge in [0.05, 0.1) is 22.1 Å². The Morgan fingerprint density at radius 2 is 2.00 bits per heavy atom. The Morgan fingerprint density at radius 3 is 2.53 bits per heavy atom. The molecule has 0 aliphatic rings. The van der Waals surface area contributed by atoms with Gasteiger partial charge in [0.2, 0.25) is 0 Å². The summed E-state index contributed by atoms with van der Waals surface area (Å²) in [5.41, 5.74) is 2.57. The van der Waals surface area contributed by atoms with E-state index in [1.54, 1.807) is 16.9 Å². The molecule has 0 aliphatic heterocycles. The lowest BCUT2D eigenvalue weighted by Crippen LogP contribution is -1.99. The molecule has 0 spiro atoms. The highest BCUT2D eigenvalue weighted by atomic mass is 35.5. The zero-order chi connectivity index (χ0) is 11.0. The van der Waals surface area contributed by atoms with Gasteiger partial charge in [-0.15, -0.1) is 0 Å². The molecule has 0 saturated heterocycles. The third-order valence-electron chi connectivity index (χ3n) is 2.16. The van der Waals surface area contributed by atoms with Crippen LogP contribution in [-0.2, 0) is 0 Å². The molecule has 0 aromatic carbocycles. The van der Waals surface area contributed by atoms with Crippen molar-refractivity contribution in [2.24, 2.45) is 0 Å². The van der Waals surface area contributed by atoms with E-state index in [1.807, 2.05) is 19.9 Å². The smallest absolute Gasteiger partial charge is 0.131 e. The van der Waals surface area contributed by atoms with E-state index in [4.69, 9.17) is 23.2 Å². The fourth-order valence-corrected chi connectivity index (χ4v) is 1.69. The molecule has 5 heteroatoms. The van der Waals surface area contributed by atoms with E-state index in [1.165, 1.54) is 0 Å². The molecule has 15 heavy (non-hydrogen) atoms. The fraction of sp³-hybridized carbons (Fsp3) is 0.200. The van der Waals surface area contributed by atoms with Crippen molar-refractivity contribution < 1.29 is 0 Å². The number of pyridine rings is 1. The largest absolute Gasteiger partial charge is 0.244 e. The van der Waals surface area contributed by atoms with Crippen molar-refractivity contribution in [3.05, 3.63) is 39.9 Å². The maximum Gasteiger partial charge on any atom is 0.131 e. The molecule has 3 nitrogen and oxygen atoms in total. The third kappa shape index (κ3) is 1.85. The summed E-state index contributed by atoms with van der Waals surface area (Å²) >= 11 is 11.9. The van der Waals surface area contributed by atoms with Gasteiger partial charge in [-0.3, -0.25) is 0 Å². The molecule has 0 N–H and O–H groups in total. The van der Waals surface area contributed by atoms with Gasteiger partial charge in [-0.1, -0.05) is 23.2 Å². The molecule has 78 valence electrons. The molecule has 0 bridgehead atoms. The molecule has 0 unspecified atom stereocenters. The SMILES string of the molecule is Cc1nn(-c2ccnc(Cl)c2)c(C)c1Cl.